The van der Waals surface area contributed by atoms with E-state index in [2.05, 4.69) is 40.2 Å². The number of aromatic carboxylic acids is 2. The third-order valence-corrected chi connectivity index (χ3v) is 14.1. The van der Waals surface area contributed by atoms with Gasteiger partial charge in [0, 0.05) is 25.2 Å². The summed E-state index contributed by atoms with van der Waals surface area (Å²) in [4.78, 5) is 83.4. The summed E-state index contributed by atoms with van der Waals surface area (Å²) in [5.41, 5.74) is 18.1. The lowest BCUT2D eigenvalue weighted by Crippen LogP contribution is -2.17. The normalized spacial score (nSPS) is 10.2. The predicted octanol–water partition coefficient (Wildman–Crippen LogP) is 16.3. The number of nitrogens with two attached hydrogens (primary N) is 1. The topological polar surface area (TPSA) is 261 Å². The Morgan fingerprint density at radius 3 is 0.989 bits per heavy atom. The van der Waals surface area contributed by atoms with Crippen LogP contribution in [0.25, 0.3) is 44.5 Å². The highest BCUT2D eigenvalue weighted by Crippen LogP contribution is 2.32. The van der Waals surface area contributed by atoms with Gasteiger partial charge in [-0.15, -0.1) is 0 Å². The number of aryl methyl sites for hydroxylation is 2. The van der Waals surface area contributed by atoms with E-state index in [0.717, 1.165) is 50.2 Å². The molecule has 11 aromatic rings. The standard InChI is InChI=1S/C22H17NO5.C22H19NO3.C20H15NO4.C13H13N/c1-14(24)28-20-10-6-5-9-18(20)21(25)23-19-13-16(11-12-17(19)22(26)27)15-7-3-2-4-8-15;1-15-12-13-18(17-8-4-3-5-9-17)14-20(15)23-22(25)19-10-6-7-11-21(19)26-16(2)24;22-18-9-5-4-8-16(18)19(23)21-17-12-14(10-11-15(17)20(24)25)13-6-2-1-3-7-13;1-10-7-8-12(9-13(10)14)11-5-3-2-4-6-11/h2-13H,1H3,(H,23,25)(H,26,27);3-14H,1-2H3,(H,23,25);1-12,22H,(H,21,23)(H,24,25);2-9H,14H2,1H3. The maximum Gasteiger partial charge on any atom is 0.337 e. The maximum absolute atomic E-state index is 12.7. The van der Waals surface area contributed by atoms with E-state index < -0.39 is 35.7 Å². The van der Waals surface area contributed by atoms with Crippen molar-refractivity contribution >= 4 is 64.3 Å². The van der Waals surface area contributed by atoms with Gasteiger partial charge in [0.05, 0.1) is 39.2 Å². The number of ether oxygens (including phenoxy) is 2. The molecule has 0 atom stereocenters. The van der Waals surface area contributed by atoms with Crippen LogP contribution in [0.15, 0.2) is 267 Å². The fourth-order valence-electron chi connectivity index (χ4n) is 9.34. The molecule has 0 fully saturated rings. The number of hydrogen-bond acceptors (Lipinski definition) is 11. The van der Waals surface area contributed by atoms with Gasteiger partial charge < -0.3 is 46.5 Å². The van der Waals surface area contributed by atoms with Gasteiger partial charge in [-0.25, -0.2) is 9.59 Å². The lowest BCUT2D eigenvalue weighted by Gasteiger charge is -2.13. The van der Waals surface area contributed by atoms with Gasteiger partial charge in [0.1, 0.15) is 17.2 Å². The van der Waals surface area contributed by atoms with Crippen molar-refractivity contribution in [2.75, 3.05) is 21.7 Å². The van der Waals surface area contributed by atoms with Crippen LogP contribution in [-0.2, 0) is 9.59 Å². The number of carbonyl (C=O) groups excluding carboxylic acids is 5. The Kier molecular flexibility index (Phi) is 22.8. The fraction of sp³-hybridized carbons (Fsp3) is 0.0519. The molecule has 11 aromatic carbocycles. The van der Waals surface area contributed by atoms with E-state index >= 15 is 0 Å². The number of nitrogen functional groups attached to an aromatic ring is 1. The van der Waals surface area contributed by atoms with Crippen molar-refractivity contribution in [3.05, 3.63) is 306 Å². The van der Waals surface area contributed by atoms with E-state index in [0.29, 0.717) is 11.3 Å². The number of anilines is 4. The van der Waals surface area contributed by atoms with E-state index in [1.165, 1.54) is 61.4 Å². The molecular weight excluding hydrogens is 1170 g/mol. The van der Waals surface area contributed by atoms with Gasteiger partial charge in [-0.05, 0) is 142 Å². The number of amides is 3. The van der Waals surface area contributed by atoms with Crippen molar-refractivity contribution in [1.29, 1.82) is 0 Å². The minimum Gasteiger partial charge on any atom is -0.507 e. The summed E-state index contributed by atoms with van der Waals surface area (Å²) in [5.74, 6) is -4.64. The Hall–Kier alpha value is -12.7. The van der Waals surface area contributed by atoms with Gasteiger partial charge in [0.15, 0.2) is 0 Å². The molecule has 0 bridgehead atoms. The number of nitrogens with one attached hydrogen (secondary N) is 3. The molecule has 3 amide bonds. The minimum atomic E-state index is -1.16. The summed E-state index contributed by atoms with van der Waals surface area (Å²) in [7, 11) is 0. The fourth-order valence-corrected chi connectivity index (χ4v) is 9.34. The van der Waals surface area contributed by atoms with Gasteiger partial charge in [0.2, 0.25) is 0 Å². The minimum absolute atomic E-state index is 0.0246. The average Bonchev–Trinajstić information content (AvgIpc) is 0.980. The number of rotatable bonds is 14. The number of carboxylic acids is 2. The van der Waals surface area contributed by atoms with Crippen LogP contribution in [0.4, 0.5) is 22.7 Å². The van der Waals surface area contributed by atoms with Crippen molar-refractivity contribution in [2.45, 2.75) is 27.7 Å². The van der Waals surface area contributed by atoms with Crippen molar-refractivity contribution in [3.8, 4) is 61.8 Å². The number of hydrogen-bond donors (Lipinski definition) is 7. The van der Waals surface area contributed by atoms with E-state index in [1.807, 2.05) is 147 Å². The molecule has 16 heteroatoms. The molecule has 0 saturated heterocycles. The first kappa shape index (κ1) is 66.3. The molecule has 0 aliphatic carbocycles. The predicted molar refractivity (Wildman–Crippen MR) is 363 cm³/mol. The van der Waals surface area contributed by atoms with Crippen molar-refractivity contribution < 1.29 is 58.4 Å². The van der Waals surface area contributed by atoms with Crippen molar-refractivity contribution in [3.63, 3.8) is 0 Å². The van der Waals surface area contributed by atoms with E-state index in [1.54, 1.807) is 72.8 Å². The molecule has 16 nitrogen and oxygen atoms in total. The number of carbonyl (C=O) groups is 7. The molecule has 0 aliphatic heterocycles. The average molecular weight is 1240 g/mol. The van der Waals surface area contributed by atoms with Gasteiger partial charge in [-0.1, -0.05) is 194 Å². The molecule has 11 rings (SSSR count). The maximum atomic E-state index is 12.7. The van der Waals surface area contributed by atoms with Crippen molar-refractivity contribution in [1.82, 2.24) is 0 Å². The first-order valence-corrected chi connectivity index (χ1v) is 29.0. The summed E-state index contributed by atoms with van der Waals surface area (Å²) >= 11 is 0. The largest absolute Gasteiger partial charge is 0.507 e. The van der Waals surface area contributed by atoms with Crippen LogP contribution in [0, 0.1) is 13.8 Å². The molecule has 0 aromatic heterocycles. The molecule has 93 heavy (non-hydrogen) atoms. The van der Waals surface area contributed by atoms with Crippen LogP contribution < -0.4 is 31.2 Å². The van der Waals surface area contributed by atoms with Gasteiger partial charge in [0.25, 0.3) is 17.7 Å². The number of esters is 2. The molecule has 0 unspecified atom stereocenters. The second-order valence-electron chi connectivity index (χ2n) is 20.8. The lowest BCUT2D eigenvalue weighted by atomic mass is 10.0. The zero-order valence-corrected chi connectivity index (χ0v) is 51.0. The summed E-state index contributed by atoms with van der Waals surface area (Å²) in [5, 5.41) is 36.7. The number of carboxylic acid groups (broad SMARTS) is 2. The molecule has 0 radical (unpaired) electrons. The van der Waals surface area contributed by atoms with Crippen LogP contribution in [0.1, 0.15) is 76.8 Å². The van der Waals surface area contributed by atoms with Crippen LogP contribution in [0.2, 0.25) is 0 Å². The zero-order valence-electron chi connectivity index (χ0n) is 51.0. The number of aromatic hydroxyl groups is 1. The highest BCUT2D eigenvalue weighted by molar-refractivity contribution is 6.11. The summed E-state index contributed by atoms with van der Waals surface area (Å²) in [6.45, 7) is 6.50. The Labute approximate surface area is 537 Å². The number of benzene rings is 11. The molecule has 0 saturated carbocycles. The monoisotopic (exact) mass is 1240 g/mol. The van der Waals surface area contributed by atoms with Gasteiger partial charge in [-0.3, -0.25) is 24.0 Å². The second kappa shape index (κ2) is 32.0. The zero-order chi connectivity index (χ0) is 66.4. The summed E-state index contributed by atoms with van der Waals surface area (Å²) in [6, 6.07) is 79.6. The van der Waals surface area contributed by atoms with E-state index in [4.69, 9.17) is 15.2 Å². The van der Waals surface area contributed by atoms with Crippen LogP contribution in [-0.4, -0.2) is 56.9 Å². The molecular formula is C77H64N4O12. The van der Waals surface area contributed by atoms with Crippen LogP contribution >= 0.6 is 0 Å². The number of para-hydroxylation sites is 3. The Balaban J connectivity index is 0.000000163. The molecule has 8 N–H and O–H groups in total. The van der Waals surface area contributed by atoms with E-state index in [9.17, 15) is 48.9 Å². The smallest absolute Gasteiger partial charge is 0.337 e. The second-order valence-corrected chi connectivity index (χ2v) is 20.8. The highest BCUT2D eigenvalue weighted by atomic mass is 16.5. The Bertz CT molecular complexity index is 4480. The third kappa shape index (κ3) is 18.4. The van der Waals surface area contributed by atoms with Crippen molar-refractivity contribution in [2.24, 2.45) is 0 Å². The summed E-state index contributed by atoms with van der Waals surface area (Å²) < 4.78 is 10.2. The number of phenols is 1. The van der Waals surface area contributed by atoms with Gasteiger partial charge >= 0.3 is 23.9 Å². The van der Waals surface area contributed by atoms with E-state index in [-0.39, 0.29) is 56.8 Å². The molecule has 0 aliphatic rings. The lowest BCUT2D eigenvalue weighted by molar-refractivity contribution is -0.132. The SMILES string of the molecule is CC(=O)Oc1ccccc1C(=O)Nc1cc(-c2ccccc2)ccc1C.CC(=O)Oc1ccccc1C(=O)Nc1cc(-c2ccccc2)ccc1C(=O)O.Cc1ccc(-c2ccccc2)cc1N.O=C(Nc1cc(-c2ccccc2)ccc1C(=O)O)c1ccccc1O. The van der Waals surface area contributed by atoms with Gasteiger partial charge in [-0.2, -0.15) is 0 Å². The number of phenolic OH excluding ortho intramolecular Hbond substituents is 1. The first-order chi connectivity index (χ1) is 44.8. The summed E-state index contributed by atoms with van der Waals surface area (Å²) in [6.07, 6.45) is 0. The van der Waals surface area contributed by atoms with Crippen LogP contribution in [0.3, 0.4) is 0 Å². The Morgan fingerprint density at radius 2 is 0.624 bits per heavy atom. The van der Waals surface area contributed by atoms with Crippen LogP contribution in [0.5, 0.6) is 17.2 Å². The quantitative estimate of drug-likeness (QED) is 0.0304. The molecule has 464 valence electrons. The first-order valence-electron chi connectivity index (χ1n) is 29.0. The highest BCUT2D eigenvalue weighted by Gasteiger charge is 2.21. The molecule has 0 spiro atoms. The third-order valence-electron chi connectivity index (χ3n) is 14.1. The molecule has 0 heterocycles. The Morgan fingerprint density at radius 1 is 0.323 bits per heavy atom.